The Bertz CT molecular complexity index is 885. The lowest BCUT2D eigenvalue weighted by Gasteiger charge is -2.23. The first-order valence-electron chi connectivity index (χ1n) is 8.14. The average Bonchev–Trinajstić information content (AvgIpc) is 3.00. The number of sulfone groups is 1. The van der Waals surface area contributed by atoms with Crippen molar-refractivity contribution >= 4 is 33.2 Å². The van der Waals surface area contributed by atoms with E-state index in [0.29, 0.717) is 23.8 Å². The number of carbonyl (C=O) groups is 1. The monoisotopic (exact) mass is 394 g/mol. The van der Waals surface area contributed by atoms with E-state index < -0.39 is 9.84 Å². The van der Waals surface area contributed by atoms with Crippen molar-refractivity contribution in [2.75, 3.05) is 23.5 Å². The molecule has 0 bridgehead atoms. The number of hydrogen-bond donors (Lipinski definition) is 1. The molecule has 1 aliphatic heterocycles. The van der Waals surface area contributed by atoms with Gasteiger partial charge < -0.3 is 10.2 Å². The molecule has 2 heterocycles. The van der Waals surface area contributed by atoms with Gasteiger partial charge in [0.05, 0.1) is 11.5 Å². The highest BCUT2D eigenvalue weighted by Crippen LogP contribution is 2.20. The first-order valence-corrected chi connectivity index (χ1v) is 10.3. The number of hydrogen-bond acceptors (Lipinski definition) is 6. The molecular weight excluding hydrogens is 376 g/mol. The first kappa shape index (κ1) is 18.6. The second-order valence-electron chi connectivity index (χ2n) is 6.25. The summed E-state index contributed by atoms with van der Waals surface area (Å²) >= 11 is 5.83. The molecule has 138 valence electrons. The maximum Gasteiger partial charge on any atom is 0.272 e. The zero-order valence-electron chi connectivity index (χ0n) is 14.2. The van der Waals surface area contributed by atoms with E-state index in [1.807, 2.05) is 12.1 Å². The van der Waals surface area contributed by atoms with Crippen LogP contribution < -0.4 is 10.2 Å². The van der Waals surface area contributed by atoms with E-state index in [9.17, 15) is 13.2 Å². The lowest BCUT2D eigenvalue weighted by atomic mass is 10.2. The van der Waals surface area contributed by atoms with E-state index in [1.54, 1.807) is 36.2 Å². The molecule has 1 N–H and O–H groups in total. The van der Waals surface area contributed by atoms with Crippen LogP contribution in [0, 0.1) is 0 Å². The summed E-state index contributed by atoms with van der Waals surface area (Å²) in [5.41, 5.74) is 1.13. The summed E-state index contributed by atoms with van der Waals surface area (Å²) < 4.78 is 23.2. The van der Waals surface area contributed by atoms with E-state index in [-0.39, 0.29) is 29.1 Å². The van der Waals surface area contributed by atoms with Crippen LogP contribution in [0.3, 0.4) is 0 Å². The predicted octanol–water partition coefficient (Wildman–Crippen LogP) is 1.68. The van der Waals surface area contributed by atoms with Crippen LogP contribution in [0.5, 0.6) is 0 Å². The Balaban J connectivity index is 1.59. The van der Waals surface area contributed by atoms with Crippen molar-refractivity contribution in [1.82, 2.24) is 15.5 Å². The summed E-state index contributed by atoms with van der Waals surface area (Å²) in [5.74, 6) is 0.529. The molecule has 7 nitrogen and oxygen atoms in total. The standard InChI is InChI=1S/C17H19ClN4O3S/c1-22(14-8-9-26(24,25)11-14)16-7-6-15(20-21-16)17(23)19-10-12-2-4-13(18)5-3-12/h2-7,14H,8-11H2,1H3,(H,19,23). The van der Waals surface area contributed by atoms with Gasteiger partial charge in [0, 0.05) is 24.7 Å². The summed E-state index contributed by atoms with van der Waals surface area (Å²) in [4.78, 5) is 14.0. The van der Waals surface area contributed by atoms with Gasteiger partial charge in [-0.05, 0) is 36.2 Å². The number of aromatic nitrogens is 2. The van der Waals surface area contributed by atoms with Gasteiger partial charge in [-0.1, -0.05) is 23.7 Å². The van der Waals surface area contributed by atoms with Crippen LogP contribution in [0.25, 0.3) is 0 Å². The van der Waals surface area contributed by atoms with Gasteiger partial charge in [-0.3, -0.25) is 4.79 Å². The molecule has 1 fully saturated rings. The molecule has 0 aliphatic carbocycles. The fraction of sp³-hybridized carbons (Fsp3) is 0.353. The molecule has 1 amide bonds. The lowest BCUT2D eigenvalue weighted by molar-refractivity contribution is 0.0945. The number of rotatable bonds is 5. The van der Waals surface area contributed by atoms with Gasteiger partial charge in [0.1, 0.15) is 0 Å². The first-order chi connectivity index (χ1) is 12.3. The Morgan fingerprint density at radius 2 is 1.96 bits per heavy atom. The Hall–Kier alpha value is -2.19. The van der Waals surface area contributed by atoms with Gasteiger partial charge in [0.2, 0.25) is 0 Å². The minimum atomic E-state index is -2.97. The Kier molecular flexibility index (Phi) is 5.43. The molecule has 1 aromatic heterocycles. The Morgan fingerprint density at radius 3 is 2.54 bits per heavy atom. The van der Waals surface area contributed by atoms with Crippen molar-refractivity contribution in [2.45, 2.75) is 19.0 Å². The van der Waals surface area contributed by atoms with E-state index in [4.69, 9.17) is 11.6 Å². The Labute approximate surface area is 157 Å². The summed E-state index contributed by atoms with van der Waals surface area (Å²) in [6.07, 6.45) is 0.573. The van der Waals surface area contributed by atoms with Gasteiger partial charge in [-0.2, -0.15) is 0 Å². The van der Waals surface area contributed by atoms with Crippen LogP contribution in [0.1, 0.15) is 22.5 Å². The van der Waals surface area contributed by atoms with Gasteiger partial charge in [0.15, 0.2) is 21.3 Å². The molecule has 3 rings (SSSR count). The second-order valence-corrected chi connectivity index (χ2v) is 8.92. The second kappa shape index (κ2) is 7.59. The minimum Gasteiger partial charge on any atom is -0.354 e. The van der Waals surface area contributed by atoms with Crippen LogP contribution in [0.4, 0.5) is 5.82 Å². The normalized spacial score (nSPS) is 18.5. The van der Waals surface area contributed by atoms with E-state index in [2.05, 4.69) is 15.5 Å². The highest BCUT2D eigenvalue weighted by Gasteiger charge is 2.31. The largest absolute Gasteiger partial charge is 0.354 e. The van der Waals surface area contributed by atoms with Crippen LogP contribution in [-0.4, -0.2) is 49.1 Å². The summed E-state index contributed by atoms with van der Waals surface area (Å²) in [5, 5.41) is 11.4. The molecule has 1 unspecified atom stereocenters. The van der Waals surface area contributed by atoms with E-state index >= 15 is 0 Å². The van der Waals surface area contributed by atoms with Gasteiger partial charge in [-0.25, -0.2) is 8.42 Å². The highest BCUT2D eigenvalue weighted by atomic mass is 35.5. The fourth-order valence-electron chi connectivity index (χ4n) is 2.78. The molecule has 1 saturated heterocycles. The van der Waals surface area contributed by atoms with Crippen molar-refractivity contribution in [3.8, 4) is 0 Å². The molecule has 1 aromatic carbocycles. The van der Waals surface area contributed by atoms with Gasteiger partial charge in [0.25, 0.3) is 5.91 Å². The maximum absolute atomic E-state index is 12.2. The fourth-order valence-corrected chi connectivity index (χ4v) is 4.68. The number of amides is 1. The molecule has 9 heteroatoms. The maximum atomic E-state index is 12.2. The van der Waals surface area contributed by atoms with Crippen molar-refractivity contribution in [1.29, 1.82) is 0 Å². The van der Waals surface area contributed by atoms with Crippen molar-refractivity contribution in [2.24, 2.45) is 0 Å². The summed E-state index contributed by atoms with van der Waals surface area (Å²) in [7, 11) is -1.18. The number of halogens is 1. The van der Waals surface area contributed by atoms with Gasteiger partial charge in [-0.15, -0.1) is 10.2 Å². The molecule has 26 heavy (non-hydrogen) atoms. The number of carbonyl (C=O) groups excluding carboxylic acids is 1. The zero-order valence-corrected chi connectivity index (χ0v) is 15.8. The third-order valence-corrected chi connectivity index (χ3v) is 6.37. The molecule has 1 atom stereocenters. The molecule has 0 spiro atoms. The Morgan fingerprint density at radius 1 is 1.23 bits per heavy atom. The molecule has 2 aromatic rings. The lowest BCUT2D eigenvalue weighted by Crippen LogP contribution is -2.33. The molecule has 0 saturated carbocycles. The third-order valence-electron chi connectivity index (χ3n) is 4.37. The zero-order chi connectivity index (χ0) is 18.7. The van der Waals surface area contributed by atoms with E-state index in [1.165, 1.54) is 0 Å². The predicted molar refractivity (Wildman–Crippen MR) is 100 cm³/mol. The van der Waals surface area contributed by atoms with Gasteiger partial charge >= 0.3 is 0 Å². The molecular formula is C17H19ClN4O3S. The quantitative estimate of drug-likeness (QED) is 0.829. The number of anilines is 1. The molecule has 1 aliphatic rings. The van der Waals surface area contributed by atoms with E-state index in [0.717, 1.165) is 5.56 Å². The number of nitrogens with zero attached hydrogens (tertiary/aromatic N) is 3. The summed E-state index contributed by atoms with van der Waals surface area (Å²) in [6, 6.07) is 10.3. The number of benzene rings is 1. The molecule has 0 radical (unpaired) electrons. The average molecular weight is 395 g/mol. The van der Waals surface area contributed by atoms with Crippen LogP contribution in [0.2, 0.25) is 5.02 Å². The van der Waals surface area contributed by atoms with Crippen LogP contribution >= 0.6 is 11.6 Å². The summed E-state index contributed by atoms with van der Waals surface area (Å²) in [6.45, 7) is 0.360. The van der Waals surface area contributed by atoms with Crippen LogP contribution in [0.15, 0.2) is 36.4 Å². The highest BCUT2D eigenvalue weighted by molar-refractivity contribution is 7.91. The van der Waals surface area contributed by atoms with Crippen molar-refractivity contribution < 1.29 is 13.2 Å². The minimum absolute atomic E-state index is 0.112. The third kappa shape index (κ3) is 4.50. The topological polar surface area (TPSA) is 92.3 Å². The smallest absolute Gasteiger partial charge is 0.272 e. The SMILES string of the molecule is CN(c1ccc(C(=O)NCc2ccc(Cl)cc2)nn1)C1CCS(=O)(=O)C1. The number of nitrogens with one attached hydrogen (secondary N) is 1. The van der Waals surface area contributed by atoms with Crippen LogP contribution in [-0.2, 0) is 16.4 Å². The van der Waals surface area contributed by atoms with Crippen molar-refractivity contribution in [3.63, 3.8) is 0 Å². The van der Waals surface area contributed by atoms with Crippen molar-refractivity contribution in [3.05, 3.63) is 52.7 Å².